The van der Waals surface area contributed by atoms with E-state index in [-0.39, 0.29) is 11.8 Å². The fourth-order valence-corrected chi connectivity index (χ4v) is 3.25. The molecule has 150 valence electrons. The van der Waals surface area contributed by atoms with Crippen LogP contribution in [-0.4, -0.2) is 36.4 Å². The number of hydrogen-bond donors (Lipinski definition) is 2. The van der Waals surface area contributed by atoms with Gasteiger partial charge in [0.15, 0.2) is 0 Å². The van der Waals surface area contributed by atoms with E-state index in [9.17, 15) is 18.0 Å². The molecule has 0 bridgehead atoms. The van der Waals surface area contributed by atoms with E-state index in [1.165, 1.54) is 12.1 Å². The number of nitrogens with zero attached hydrogens (tertiary/aromatic N) is 1. The van der Waals surface area contributed by atoms with Gasteiger partial charge in [-0.3, -0.25) is 4.90 Å². The van der Waals surface area contributed by atoms with Crippen molar-refractivity contribution in [2.45, 2.75) is 25.4 Å². The number of amides is 2. The van der Waals surface area contributed by atoms with Crippen LogP contribution in [0.1, 0.15) is 12.0 Å². The van der Waals surface area contributed by atoms with E-state index in [0.29, 0.717) is 18.8 Å². The van der Waals surface area contributed by atoms with Gasteiger partial charge in [0.05, 0.1) is 0 Å². The van der Waals surface area contributed by atoms with Crippen LogP contribution in [0.2, 0.25) is 5.02 Å². The summed E-state index contributed by atoms with van der Waals surface area (Å²) >= 11 is 6.18. The van der Waals surface area contributed by atoms with E-state index in [4.69, 9.17) is 11.6 Å². The monoisotopic (exact) mass is 413 g/mol. The molecule has 1 aliphatic rings. The van der Waals surface area contributed by atoms with Gasteiger partial charge in [-0.25, -0.2) is 4.79 Å². The van der Waals surface area contributed by atoms with E-state index in [1.54, 1.807) is 0 Å². The van der Waals surface area contributed by atoms with Crippen LogP contribution in [0.15, 0.2) is 48.5 Å². The van der Waals surface area contributed by atoms with Crippen LogP contribution < -0.4 is 15.4 Å². The lowest BCUT2D eigenvalue weighted by molar-refractivity contribution is -0.274. The molecule has 2 N–H and O–H groups in total. The van der Waals surface area contributed by atoms with E-state index in [0.717, 1.165) is 35.7 Å². The largest absolute Gasteiger partial charge is 0.573 e. The second-order valence-electron chi connectivity index (χ2n) is 6.48. The molecule has 1 aliphatic heterocycles. The number of alkyl halides is 3. The van der Waals surface area contributed by atoms with Crippen LogP contribution in [0.5, 0.6) is 5.75 Å². The first kappa shape index (κ1) is 20.3. The van der Waals surface area contributed by atoms with Gasteiger partial charge in [0.25, 0.3) is 0 Å². The maximum Gasteiger partial charge on any atom is 0.573 e. The van der Waals surface area contributed by atoms with Crippen molar-refractivity contribution >= 4 is 23.3 Å². The molecule has 9 heteroatoms. The van der Waals surface area contributed by atoms with Gasteiger partial charge in [-0.15, -0.1) is 13.2 Å². The van der Waals surface area contributed by atoms with Crippen molar-refractivity contribution in [2.24, 2.45) is 0 Å². The third-order valence-corrected chi connectivity index (χ3v) is 4.67. The lowest BCUT2D eigenvalue weighted by Crippen LogP contribution is -2.39. The molecule has 3 rings (SSSR count). The Morgan fingerprint density at radius 1 is 1.18 bits per heavy atom. The summed E-state index contributed by atoms with van der Waals surface area (Å²) in [5.74, 6) is -0.343. The number of rotatable bonds is 5. The third-order valence-electron chi connectivity index (χ3n) is 4.31. The first-order chi connectivity index (χ1) is 13.3. The van der Waals surface area contributed by atoms with Crippen molar-refractivity contribution in [1.29, 1.82) is 0 Å². The zero-order valence-corrected chi connectivity index (χ0v) is 15.6. The van der Waals surface area contributed by atoms with Gasteiger partial charge in [0, 0.05) is 36.4 Å². The van der Waals surface area contributed by atoms with Crippen molar-refractivity contribution in [3.8, 4) is 5.75 Å². The fourth-order valence-electron chi connectivity index (χ4n) is 3.05. The van der Waals surface area contributed by atoms with Crippen molar-refractivity contribution < 1.29 is 22.7 Å². The first-order valence-electron chi connectivity index (χ1n) is 8.67. The number of halogens is 4. The van der Waals surface area contributed by atoms with Crippen LogP contribution >= 0.6 is 11.6 Å². The number of nitrogens with one attached hydrogen (secondary N) is 2. The Labute approximate surface area is 165 Å². The summed E-state index contributed by atoms with van der Waals surface area (Å²) in [6.45, 7) is 2.23. The van der Waals surface area contributed by atoms with Crippen LogP contribution in [0.3, 0.4) is 0 Å². The van der Waals surface area contributed by atoms with Crippen LogP contribution in [0.4, 0.5) is 23.7 Å². The maximum absolute atomic E-state index is 12.2. The summed E-state index contributed by atoms with van der Waals surface area (Å²) < 4.78 is 40.3. The molecule has 0 radical (unpaired) electrons. The molecule has 1 unspecified atom stereocenters. The number of anilines is 1. The van der Waals surface area contributed by atoms with Crippen molar-refractivity contribution in [2.75, 3.05) is 18.4 Å². The molecule has 1 saturated heterocycles. The molecular weight excluding hydrogens is 395 g/mol. The highest BCUT2D eigenvalue weighted by Crippen LogP contribution is 2.24. The Morgan fingerprint density at radius 3 is 2.57 bits per heavy atom. The number of likely N-dealkylation sites (tertiary alicyclic amines) is 1. The maximum atomic E-state index is 12.2. The van der Waals surface area contributed by atoms with Gasteiger partial charge in [-0.1, -0.05) is 29.8 Å². The first-order valence-corrected chi connectivity index (χ1v) is 9.05. The minimum Gasteiger partial charge on any atom is -0.406 e. The standard InChI is InChI=1S/C19H19ClF3N3O2/c20-17-4-2-1-3-13(17)11-26-10-9-15(12-26)25-18(27)24-14-5-7-16(8-6-14)28-19(21,22)23/h1-8,15H,9-12H2,(H2,24,25,27). The zero-order chi connectivity index (χ0) is 20.1. The summed E-state index contributed by atoms with van der Waals surface area (Å²) in [6.07, 6.45) is -3.94. The summed E-state index contributed by atoms with van der Waals surface area (Å²) in [5, 5.41) is 6.20. The topological polar surface area (TPSA) is 53.6 Å². The van der Waals surface area contributed by atoms with Crippen molar-refractivity contribution in [3.63, 3.8) is 0 Å². The highest BCUT2D eigenvalue weighted by Gasteiger charge is 2.31. The van der Waals surface area contributed by atoms with Gasteiger partial charge in [0.1, 0.15) is 5.75 Å². The Balaban J connectivity index is 1.46. The van der Waals surface area contributed by atoms with Gasteiger partial charge in [-0.2, -0.15) is 0 Å². The molecule has 5 nitrogen and oxygen atoms in total. The molecule has 2 amide bonds. The third kappa shape index (κ3) is 6.03. The molecule has 0 spiro atoms. The minimum atomic E-state index is -4.75. The Kier molecular flexibility index (Phi) is 6.31. The molecule has 2 aromatic carbocycles. The Bertz CT molecular complexity index is 815. The van der Waals surface area contributed by atoms with Gasteiger partial charge < -0.3 is 15.4 Å². The fraction of sp³-hybridized carbons (Fsp3) is 0.316. The van der Waals surface area contributed by atoms with E-state index >= 15 is 0 Å². The normalized spacial score (nSPS) is 17.4. The molecule has 0 aromatic heterocycles. The summed E-state index contributed by atoms with van der Waals surface area (Å²) in [6, 6.07) is 12.2. The lowest BCUT2D eigenvalue weighted by atomic mass is 10.2. The lowest BCUT2D eigenvalue weighted by Gasteiger charge is -2.18. The number of benzene rings is 2. The smallest absolute Gasteiger partial charge is 0.406 e. The number of carbonyl (C=O) groups excluding carboxylic acids is 1. The highest BCUT2D eigenvalue weighted by atomic mass is 35.5. The van der Waals surface area contributed by atoms with Crippen molar-refractivity contribution in [3.05, 3.63) is 59.1 Å². The summed E-state index contributed by atoms with van der Waals surface area (Å²) in [4.78, 5) is 14.3. The quantitative estimate of drug-likeness (QED) is 0.751. The molecule has 1 atom stereocenters. The van der Waals surface area contributed by atoms with Crippen LogP contribution in [0, 0.1) is 0 Å². The van der Waals surface area contributed by atoms with Crippen LogP contribution in [0.25, 0.3) is 0 Å². The van der Waals surface area contributed by atoms with Crippen molar-refractivity contribution in [1.82, 2.24) is 10.2 Å². The predicted molar refractivity (Wildman–Crippen MR) is 100 cm³/mol. The van der Waals surface area contributed by atoms with Gasteiger partial charge >= 0.3 is 12.4 Å². The van der Waals surface area contributed by atoms with E-state index in [2.05, 4.69) is 20.3 Å². The Morgan fingerprint density at radius 2 is 1.89 bits per heavy atom. The van der Waals surface area contributed by atoms with E-state index in [1.807, 2.05) is 24.3 Å². The zero-order valence-electron chi connectivity index (χ0n) is 14.8. The molecule has 0 saturated carbocycles. The van der Waals surface area contributed by atoms with E-state index < -0.39 is 12.4 Å². The number of hydrogen-bond acceptors (Lipinski definition) is 3. The molecule has 2 aromatic rings. The second kappa shape index (κ2) is 8.70. The average molecular weight is 414 g/mol. The molecule has 1 fully saturated rings. The minimum absolute atomic E-state index is 0.0182. The summed E-state index contributed by atoms with van der Waals surface area (Å²) in [5.41, 5.74) is 1.41. The average Bonchev–Trinajstić information content (AvgIpc) is 3.04. The van der Waals surface area contributed by atoms with Crippen LogP contribution in [-0.2, 0) is 6.54 Å². The number of urea groups is 1. The number of carbonyl (C=O) groups is 1. The SMILES string of the molecule is O=C(Nc1ccc(OC(F)(F)F)cc1)NC1CCN(Cc2ccccc2Cl)C1. The number of ether oxygens (including phenoxy) is 1. The second-order valence-corrected chi connectivity index (χ2v) is 6.89. The van der Waals surface area contributed by atoms with Gasteiger partial charge in [0.2, 0.25) is 0 Å². The molecule has 0 aliphatic carbocycles. The van der Waals surface area contributed by atoms with Gasteiger partial charge in [-0.05, 0) is 42.3 Å². The Hall–Kier alpha value is -2.45. The molecule has 28 heavy (non-hydrogen) atoms. The summed E-state index contributed by atoms with van der Waals surface area (Å²) in [7, 11) is 0. The molecular formula is C19H19ClF3N3O2. The molecule has 1 heterocycles. The predicted octanol–water partition coefficient (Wildman–Crippen LogP) is 4.63. The highest BCUT2D eigenvalue weighted by molar-refractivity contribution is 6.31.